The van der Waals surface area contributed by atoms with E-state index < -0.39 is 0 Å². The van der Waals surface area contributed by atoms with Crippen LogP contribution in [0.3, 0.4) is 0 Å². The van der Waals surface area contributed by atoms with Crippen LogP contribution < -0.4 is 10.6 Å². The first-order chi connectivity index (χ1) is 8.63. The zero-order valence-electron chi connectivity index (χ0n) is 9.15. The van der Waals surface area contributed by atoms with Crippen molar-refractivity contribution in [3.05, 3.63) is 52.1 Å². The summed E-state index contributed by atoms with van der Waals surface area (Å²) in [6.07, 6.45) is 1.70. The lowest BCUT2D eigenvalue weighted by atomic mass is 10.3. The molecule has 0 amide bonds. The highest BCUT2D eigenvalue weighted by atomic mass is 79.9. The summed E-state index contributed by atoms with van der Waals surface area (Å²) in [5.74, 6) is 0.685. The Hall–Kier alpha value is -1.17. The third-order valence-electron chi connectivity index (χ3n) is 2.07. The van der Waals surface area contributed by atoms with E-state index in [0.29, 0.717) is 16.0 Å². The lowest BCUT2D eigenvalue weighted by Gasteiger charge is -2.09. The normalized spacial score (nSPS) is 9.89. The number of benzene rings is 1. The smallest absolute Gasteiger partial charge is 0.176 e. The minimum Gasteiger partial charge on any atom is -0.332 e. The molecule has 0 atom stereocenters. The van der Waals surface area contributed by atoms with Crippen LogP contribution >= 0.6 is 39.7 Å². The van der Waals surface area contributed by atoms with Gasteiger partial charge in [0.2, 0.25) is 0 Å². The van der Waals surface area contributed by atoms with Gasteiger partial charge >= 0.3 is 0 Å². The minimum atomic E-state index is 0.479. The predicted molar refractivity (Wildman–Crippen MR) is 83.2 cm³/mol. The fourth-order valence-electron chi connectivity index (χ4n) is 1.26. The van der Waals surface area contributed by atoms with E-state index in [4.69, 9.17) is 23.8 Å². The van der Waals surface area contributed by atoms with Gasteiger partial charge in [0.25, 0.3) is 0 Å². The molecule has 2 N–H and O–H groups in total. The molecule has 0 fully saturated rings. The summed E-state index contributed by atoms with van der Waals surface area (Å²) in [5.41, 5.74) is 0.869. The summed E-state index contributed by atoms with van der Waals surface area (Å²) < 4.78 is 0.921. The van der Waals surface area contributed by atoms with Crippen molar-refractivity contribution < 1.29 is 0 Å². The van der Waals surface area contributed by atoms with Gasteiger partial charge in [-0.05, 0) is 64.5 Å². The number of hydrogen-bond donors (Lipinski definition) is 2. The quantitative estimate of drug-likeness (QED) is 0.798. The highest BCUT2D eigenvalue weighted by Crippen LogP contribution is 2.14. The van der Waals surface area contributed by atoms with E-state index in [2.05, 4.69) is 31.5 Å². The number of nitrogens with one attached hydrogen (secondary N) is 2. The second kappa shape index (κ2) is 6.13. The maximum absolute atomic E-state index is 5.80. The summed E-state index contributed by atoms with van der Waals surface area (Å²) in [4.78, 5) is 4.17. The molecule has 0 saturated carbocycles. The Morgan fingerprint density at radius 3 is 2.44 bits per heavy atom. The highest BCUT2D eigenvalue weighted by Gasteiger charge is 1.99. The number of anilines is 2. The van der Waals surface area contributed by atoms with Gasteiger partial charge in [-0.2, -0.15) is 0 Å². The van der Waals surface area contributed by atoms with Crippen LogP contribution in [0.25, 0.3) is 0 Å². The van der Waals surface area contributed by atoms with Gasteiger partial charge in [0, 0.05) is 21.4 Å². The molecule has 0 aliphatic carbocycles. The molecule has 92 valence electrons. The Balaban J connectivity index is 1.96. The maximum Gasteiger partial charge on any atom is 0.176 e. The third-order valence-corrected chi connectivity index (χ3v) is 3.00. The Labute approximate surface area is 124 Å². The van der Waals surface area contributed by atoms with Gasteiger partial charge in [-0.3, -0.25) is 0 Å². The first-order valence-corrected chi connectivity index (χ1v) is 6.66. The van der Waals surface area contributed by atoms with E-state index in [1.807, 2.05) is 24.3 Å². The number of thiocarbonyl (C=S) groups is 1. The number of rotatable bonds is 2. The van der Waals surface area contributed by atoms with Crippen LogP contribution in [-0.4, -0.2) is 10.1 Å². The van der Waals surface area contributed by atoms with E-state index in [9.17, 15) is 0 Å². The van der Waals surface area contributed by atoms with Crippen LogP contribution in [0.5, 0.6) is 0 Å². The van der Waals surface area contributed by atoms with Crippen molar-refractivity contribution in [2.24, 2.45) is 0 Å². The van der Waals surface area contributed by atoms with E-state index in [1.165, 1.54) is 0 Å². The SMILES string of the molecule is S=C(Nc1ccc(Cl)cc1)Nc1ccc(Br)cn1. The second-order valence-corrected chi connectivity index (χ2v) is 5.21. The summed E-state index contributed by atoms with van der Waals surface area (Å²) >= 11 is 14.3. The molecule has 0 aliphatic heterocycles. The monoisotopic (exact) mass is 341 g/mol. The molecular formula is C12H9BrClN3S. The molecule has 0 spiro atoms. The summed E-state index contributed by atoms with van der Waals surface area (Å²) in [5, 5.41) is 7.20. The topological polar surface area (TPSA) is 37.0 Å². The molecule has 0 saturated heterocycles. The van der Waals surface area contributed by atoms with Crippen molar-refractivity contribution in [2.75, 3.05) is 10.6 Å². The molecule has 6 heteroatoms. The van der Waals surface area contributed by atoms with Crippen molar-refractivity contribution in [3.8, 4) is 0 Å². The third kappa shape index (κ3) is 3.94. The van der Waals surface area contributed by atoms with E-state index in [1.54, 1.807) is 18.3 Å². The Kier molecular flexibility index (Phi) is 4.52. The first kappa shape index (κ1) is 13.3. The van der Waals surface area contributed by atoms with Crippen molar-refractivity contribution >= 4 is 56.4 Å². The second-order valence-electron chi connectivity index (χ2n) is 3.45. The fraction of sp³-hybridized carbons (Fsp3) is 0. The Morgan fingerprint density at radius 1 is 1.11 bits per heavy atom. The van der Waals surface area contributed by atoms with Gasteiger partial charge in [0.15, 0.2) is 5.11 Å². The van der Waals surface area contributed by atoms with Crippen LogP contribution in [0.15, 0.2) is 47.1 Å². The number of nitrogens with zero attached hydrogens (tertiary/aromatic N) is 1. The van der Waals surface area contributed by atoms with Crippen LogP contribution in [0.1, 0.15) is 0 Å². The van der Waals surface area contributed by atoms with Gasteiger partial charge in [-0.15, -0.1) is 0 Å². The van der Waals surface area contributed by atoms with Gasteiger partial charge in [0.1, 0.15) is 5.82 Å². The van der Waals surface area contributed by atoms with E-state index in [0.717, 1.165) is 10.2 Å². The van der Waals surface area contributed by atoms with Crippen molar-refractivity contribution in [3.63, 3.8) is 0 Å². The van der Waals surface area contributed by atoms with Crippen LogP contribution in [0, 0.1) is 0 Å². The molecule has 1 aromatic heterocycles. The maximum atomic E-state index is 5.80. The number of halogens is 2. The molecule has 0 aliphatic rings. The van der Waals surface area contributed by atoms with Crippen LogP contribution in [-0.2, 0) is 0 Å². The van der Waals surface area contributed by atoms with Gasteiger partial charge in [-0.1, -0.05) is 11.6 Å². The minimum absolute atomic E-state index is 0.479. The summed E-state index contributed by atoms with van der Waals surface area (Å²) in [6.45, 7) is 0. The zero-order chi connectivity index (χ0) is 13.0. The summed E-state index contributed by atoms with van der Waals surface area (Å²) in [6, 6.07) is 11.0. The van der Waals surface area contributed by atoms with Crippen molar-refractivity contribution in [2.45, 2.75) is 0 Å². The van der Waals surface area contributed by atoms with Gasteiger partial charge < -0.3 is 10.6 Å². The van der Waals surface area contributed by atoms with Crippen molar-refractivity contribution in [1.29, 1.82) is 0 Å². The highest BCUT2D eigenvalue weighted by molar-refractivity contribution is 9.10. The van der Waals surface area contributed by atoms with E-state index >= 15 is 0 Å². The fourth-order valence-corrected chi connectivity index (χ4v) is 1.84. The van der Waals surface area contributed by atoms with Crippen molar-refractivity contribution in [1.82, 2.24) is 4.98 Å². The molecule has 3 nitrogen and oxygen atoms in total. The standard InChI is InChI=1S/C12H9BrClN3S/c13-8-1-6-11(15-7-8)17-12(18)16-10-4-2-9(14)3-5-10/h1-7H,(H2,15,16,17,18). The van der Waals surface area contributed by atoms with Crippen LogP contribution in [0.4, 0.5) is 11.5 Å². The molecular weight excluding hydrogens is 334 g/mol. The van der Waals surface area contributed by atoms with Gasteiger partial charge in [0.05, 0.1) is 0 Å². The number of aromatic nitrogens is 1. The average Bonchev–Trinajstić information content (AvgIpc) is 2.35. The average molecular weight is 343 g/mol. The molecule has 1 aromatic carbocycles. The lowest BCUT2D eigenvalue weighted by Crippen LogP contribution is -2.19. The van der Waals surface area contributed by atoms with Gasteiger partial charge in [-0.25, -0.2) is 4.98 Å². The van der Waals surface area contributed by atoms with E-state index in [-0.39, 0.29) is 0 Å². The first-order valence-electron chi connectivity index (χ1n) is 5.08. The van der Waals surface area contributed by atoms with Crippen LogP contribution in [0.2, 0.25) is 5.02 Å². The number of pyridine rings is 1. The number of hydrogen-bond acceptors (Lipinski definition) is 2. The summed E-state index contributed by atoms with van der Waals surface area (Å²) in [7, 11) is 0. The molecule has 0 radical (unpaired) electrons. The molecule has 0 unspecified atom stereocenters. The Morgan fingerprint density at radius 2 is 1.83 bits per heavy atom. The molecule has 2 rings (SSSR count). The zero-order valence-corrected chi connectivity index (χ0v) is 12.3. The predicted octanol–water partition coefficient (Wildman–Crippen LogP) is 4.31. The molecule has 18 heavy (non-hydrogen) atoms. The molecule has 2 aromatic rings. The molecule has 0 bridgehead atoms. The Bertz CT molecular complexity index is 493. The molecule has 1 heterocycles. The largest absolute Gasteiger partial charge is 0.332 e. The lowest BCUT2D eigenvalue weighted by molar-refractivity contribution is 1.31.